The molecule has 2 aliphatic rings. The lowest BCUT2D eigenvalue weighted by atomic mass is 9.85. The molecule has 3 rings (SSSR count). The molecule has 0 spiro atoms. The summed E-state index contributed by atoms with van der Waals surface area (Å²) < 4.78 is 5.94. The number of rotatable bonds is 2. The Kier molecular flexibility index (Phi) is 3.21. The molecule has 4 heteroatoms. The number of halogens is 1. The Morgan fingerprint density at radius 2 is 2.00 bits per heavy atom. The van der Waals surface area contributed by atoms with Crippen molar-refractivity contribution in [2.45, 2.75) is 50.3 Å². The Balaban J connectivity index is 1.65. The van der Waals surface area contributed by atoms with Crippen LogP contribution in [0.3, 0.4) is 0 Å². The van der Waals surface area contributed by atoms with Crippen LogP contribution in [0, 0.1) is 0 Å². The number of piperidine rings is 2. The molecule has 2 saturated heterocycles. The molecule has 0 amide bonds. The van der Waals surface area contributed by atoms with E-state index in [4.69, 9.17) is 16.3 Å². The van der Waals surface area contributed by atoms with Gasteiger partial charge in [-0.3, -0.25) is 0 Å². The second-order valence-electron chi connectivity index (χ2n) is 5.00. The molecule has 2 unspecified atom stereocenters. The van der Waals surface area contributed by atoms with Crippen molar-refractivity contribution < 1.29 is 4.74 Å². The number of nitrogens with one attached hydrogen (secondary N) is 1. The van der Waals surface area contributed by atoms with Crippen molar-refractivity contribution in [3.8, 4) is 5.88 Å². The van der Waals surface area contributed by atoms with Gasteiger partial charge in [0.05, 0.1) is 0 Å². The van der Waals surface area contributed by atoms with E-state index in [-0.39, 0.29) is 6.10 Å². The first-order chi connectivity index (χ1) is 8.29. The zero-order valence-corrected chi connectivity index (χ0v) is 10.5. The molecule has 2 bridgehead atoms. The van der Waals surface area contributed by atoms with Crippen LogP contribution in [0.1, 0.15) is 32.1 Å². The molecule has 92 valence electrons. The maximum absolute atomic E-state index is 5.94. The maximum Gasteiger partial charge on any atom is 0.214 e. The van der Waals surface area contributed by atoms with E-state index >= 15 is 0 Å². The van der Waals surface area contributed by atoms with Crippen LogP contribution in [0.2, 0.25) is 5.15 Å². The largest absolute Gasteiger partial charge is 0.474 e. The molecule has 0 radical (unpaired) electrons. The van der Waals surface area contributed by atoms with Gasteiger partial charge in [-0.2, -0.15) is 0 Å². The number of nitrogens with zero attached hydrogens (tertiary/aromatic N) is 1. The second kappa shape index (κ2) is 4.83. The van der Waals surface area contributed by atoms with Gasteiger partial charge in [0.1, 0.15) is 11.3 Å². The molecule has 2 aliphatic heterocycles. The second-order valence-corrected chi connectivity index (χ2v) is 5.39. The normalized spacial score (nSPS) is 32.2. The average Bonchev–Trinajstić information content (AvgIpc) is 2.28. The van der Waals surface area contributed by atoms with Crippen LogP contribution in [-0.2, 0) is 0 Å². The predicted octanol–water partition coefficient (Wildman–Crippen LogP) is 2.79. The minimum absolute atomic E-state index is 0.289. The Hall–Kier alpha value is -0.800. The van der Waals surface area contributed by atoms with Gasteiger partial charge in [0.25, 0.3) is 0 Å². The van der Waals surface area contributed by atoms with E-state index in [1.54, 1.807) is 6.07 Å². The van der Waals surface area contributed by atoms with Crippen molar-refractivity contribution in [1.82, 2.24) is 10.3 Å². The van der Waals surface area contributed by atoms with Crippen molar-refractivity contribution in [2.24, 2.45) is 0 Å². The van der Waals surface area contributed by atoms with Gasteiger partial charge in [-0.05, 0) is 31.7 Å². The molecule has 0 aliphatic carbocycles. The van der Waals surface area contributed by atoms with Crippen LogP contribution in [0.25, 0.3) is 0 Å². The fraction of sp³-hybridized carbons (Fsp3) is 0.615. The molecular weight excluding hydrogens is 236 g/mol. The highest BCUT2D eigenvalue weighted by atomic mass is 35.5. The van der Waals surface area contributed by atoms with Gasteiger partial charge in [0.15, 0.2) is 0 Å². The van der Waals surface area contributed by atoms with Crippen molar-refractivity contribution in [2.75, 3.05) is 0 Å². The zero-order chi connectivity index (χ0) is 11.7. The monoisotopic (exact) mass is 252 g/mol. The lowest BCUT2D eigenvalue weighted by molar-refractivity contribution is 0.0890. The SMILES string of the molecule is Clc1cccc(OC2CC3CCCC(C2)N3)n1. The summed E-state index contributed by atoms with van der Waals surface area (Å²) >= 11 is 5.85. The number of fused-ring (bicyclic) bond motifs is 2. The lowest BCUT2D eigenvalue weighted by Crippen LogP contribution is -2.51. The average molecular weight is 253 g/mol. The van der Waals surface area contributed by atoms with Gasteiger partial charge in [0, 0.05) is 18.2 Å². The Morgan fingerprint density at radius 3 is 2.71 bits per heavy atom. The van der Waals surface area contributed by atoms with Gasteiger partial charge >= 0.3 is 0 Å². The topological polar surface area (TPSA) is 34.1 Å². The van der Waals surface area contributed by atoms with Crippen LogP contribution < -0.4 is 10.1 Å². The molecule has 1 aromatic rings. The first-order valence-corrected chi connectivity index (χ1v) is 6.72. The van der Waals surface area contributed by atoms with Gasteiger partial charge in [-0.1, -0.05) is 24.1 Å². The summed E-state index contributed by atoms with van der Waals surface area (Å²) in [5.74, 6) is 0.655. The fourth-order valence-electron chi connectivity index (χ4n) is 2.94. The predicted molar refractivity (Wildman–Crippen MR) is 67.5 cm³/mol. The molecular formula is C13H17ClN2O. The van der Waals surface area contributed by atoms with E-state index in [0.29, 0.717) is 23.1 Å². The van der Waals surface area contributed by atoms with E-state index in [1.807, 2.05) is 12.1 Å². The van der Waals surface area contributed by atoms with E-state index in [0.717, 1.165) is 12.8 Å². The highest BCUT2D eigenvalue weighted by Gasteiger charge is 2.32. The fourth-order valence-corrected chi connectivity index (χ4v) is 3.09. The lowest BCUT2D eigenvalue weighted by Gasteiger charge is -2.40. The Morgan fingerprint density at radius 1 is 1.24 bits per heavy atom. The highest BCUT2D eigenvalue weighted by Crippen LogP contribution is 2.28. The van der Waals surface area contributed by atoms with E-state index in [2.05, 4.69) is 10.3 Å². The van der Waals surface area contributed by atoms with Crippen LogP contribution in [0.4, 0.5) is 0 Å². The molecule has 2 fully saturated rings. The first-order valence-electron chi connectivity index (χ1n) is 6.35. The van der Waals surface area contributed by atoms with Gasteiger partial charge < -0.3 is 10.1 Å². The molecule has 17 heavy (non-hydrogen) atoms. The molecule has 0 saturated carbocycles. The van der Waals surface area contributed by atoms with Crippen LogP contribution in [0.5, 0.6) is 5.88 Å². The van der Waals surface area contributed by atoms with Crippen molar-refractivity contribution in [3.63, 3.8) is 0 Å². The first kappa shape index (κ1) is 11.3. The minimum Gasteiger partial charge on any atom is -0.474 e. The highest BCUT2D eigenvalue weighted by molar-refractivity contribution is 6.29. The van der Waals surface area contributed by atoms with Gasteiger partial charge in [-0.25, -0.2) is 4.98 Å². The molecule has 3 heterocycles. The van der Waals surface area contributed by atoms with Crippen molar-refractivity contribution >= 4 is 11.6 Å². The number of hydrogen-bond donors (Lipinski definition) is 1. The number of pyridine rings is 1. The molecule has 3 nitrogen and oxygen atoms in total. The Bertz CT molecular complexity index is 387. The van der Waals surface area contributed by atoms with E-state index in [9.17, 15) is 0 Å². The summed E-state index contributed by atoms with van der Waals surface area (Å²) in [4.78, 5) is 4.18. The number of hydrogen-bond acceptors (Lipinski definition) is 3. The molecule has 0 aromatic carbocycles. The summed E-state index contributed by atoms with van der Waals surface area (Å²) in [5.41, 5.74) is 0. The third-order valence-electron chi connectivity index (χ3n) is 3.65. The zero-order valence-electron chi connectivity index (χ0n) is 9.73. The van der Waals surface area contributed by atoms with Crippen molar-refractivity contribution in [3.05, 3.63) is 23.4 Å². The van der Waals surface area contributed by atoms with E-state index < -0.39 is 0 Å². The van der Waals surface area contributed by atoms with E-state index in [1.165, 1.54) is 19.3 Å². The summed E-state index contributed by atoms with van der Waals surface area (Å²) in [6.07, 6.45) is 6.37. The van der Waals surface area contributed by atoms with Crippen LogP contribution in [-0.4, -0.2) is 23.2 Å². The molecule has 2 atom stereocenters. The third-order valence-corrected chi connectivity index (χ3v) is 3.86. The summed E-state index contributed by atoms with van der Waals surface area (Å²) in [7, 11) is 0. The number of ether oxygens (including phenoxy) is 1. The summed E-state index contributed by atoms with van der Waals surface area (Å²) in [6, 6.07) is 6.79. The van der Waals surface area contributed by atoms with Crippen molar-refractivity contribution in [1.29, 1.82) is 0 Å². The van der Waals surface area contributed by atoms with Gasteiger partial charge in [-0.15, -0.1) is 0 Å². The smallest absolute Gasteiger partial charge is 0.214 e. The molecule has 1 aromatic heterocycles. The summed E-state index contributed by atoms with van der Waals surface area (Å²) in [5, 5.41) is 4.15. The summed E-state index contributed by atoms with van der Waals surface area (Å²) in [6.45, 7) is 0. The third kappa shape index (κ3) is 2.72. The van der Waals surface area contributed by atoms with Crippen LogP contribution in [0.15, 0.2) is 18.2 Å². The van der Waals surface area contributed by atoms with Crippen LogP contribution >= 0.6 is 11.6 Å². The standard InChI is InChI=1S/C13H17ClN2O/c14-12-5-2-6-13(16-12)17-11-7-9-3-1-4-10(8-11)15-9/h2,5-6,9-11,15H,1,3-4,7-8H2. The van der Waals surface area contributed by atoms with Gasteiger partial charge in [0.2, 0.25) is 5.88 Å². The minimum atomic E-state index is 0.289. The molecule has 1 N–H and O–H groups in total. The Labute approximate surface area is 107 Å². The maximum atomic E-state index is 5.94. The number of aromatic nitrogens is 1. The quantitative estimate of drug-likeness (QED) is 0.822.